The van der Waals surface area contributed by atoms with Crippen LogP contribution in [0.2, 0.25) is 0 Å². The summed E-state index contributed by atoms with van der Waals surface area (Å²) in [6, 6.07) is 6.93. The number of unbranched alkanes of at least 4 members (excludes halogenated alkanes) is 1. The highest BCUT2D eigenvalue weighted by molar-refractivity contribution is 7.57. The highest BCUT2D eigenvalue weighted by atomic mass is 35.5. The third kappa shape index (κ3) is 5.64. The van der Waals surface area contributed by atoms with Gasteiger partial charge in [0.05, 0.1) is 12.7 Å². The van der Waals surface area contributed by atoms with Gasteiger partial charge in [0.15, 0.2) is 5.75 Å². The first-order valence-electron chi connectivity index (χ1n) is 7.00. The lowest BCUT2D eigenvalue weighted by atomic mass is 10.3. The highest BCUT2D eigenvalue weighted by Gasteiger charge is 2.41. The minimum absolute atomic E-state index is 0.293. The molecule has 0 N–H and O–H groups in total. The molecule has 0 fully saturated rings. The molecule has 0 amide bonds. The molecule has 0 heterocycles. The van der Waals surface area contributed by atoms with E-state index in [9.17, 15) is 9.36 Å². The summed E-state index contributed by atoms with van der Waals surface area (Å²) in [4.78, 5) is 11.8. The molecule has 0 aliphatic rings. The average molecular weight is 332 g/mol. The van der Waals surface area contributed by atoms with Gasteiger partial charge in [-0.15, -0.1) is 0 Å². The van der Waals surface area contributed by atoms with Gasteiger partial charge in [-0.2, -0.15) is 0 Å². The van der Waals surface area contributed by atoms with E-state index in [2.05, 4.69) is 6.92 Å². The number of rotatable bonds is 8. The van der Waals surface area contributed by atoms with Crippen LogP contribution in [0.15, 0.2) is 24.3 Å². The van der Waals surface area contributed by atoms with Crippen molar-refractivity contribution in [3.63, 3.8) is 0 Å². The molecule has 0 saturated carbocycles. The molecule has 21 heavy (non-hydrogen) atoms. The lowest BCUT2D eigenvalue weighted by molar-refractivity contribution is -0.145. The van der Waals surface area contributed by atoms with Gasteiger partial charge < -0.3 is 9.47 Å². The monoisotopic (exact) mass is 331 g/mol. The first-order chi connectivity index (χ1) is 9.97. The molecule has 2 unspecified atom stereocenters. The second kappa shape index (κ2) is 9.01. The largest absolute Gasteiger partial charge is 0.489 e. The number of hydrogen-bond donors (Lipinski definition) is 0. The van der Waals surface area contributed by atoms with Crippen molar-refractivity contribution in [2.45, 2.75) is 44.8 Å². The van der Waals surface area contributed by atoms with Crippen molar-refractivity contribution >= 4 is 30.7 Å². The van der Waals surface area contributed by atoms with Crippen LogP contribution in [0.5, 0.6) is 5.75 Å². The SMILES string of the molecule is CCCCOc1ccccc1[P+](=O)C(Cl)C(=O)OC(C)C. The van der Waals surface area contributed by atoms with Gasteiger partial charge in [-0.05, 0) is 32.4 Å². The standard InChI is InChI=1S/C15H21ClO4P/c1-4-5-10-19-12-8-6-7-9-13(12)21(18)14(16)15(17)20-11(2)3/h6-9,11,14H,4-5,10H2,1-3H3/q+1. The summed E-state index contributed by atoms with van der Waals surface area (Å²) in [5.74, 6) is -0.161. The fourth-order valence-electron chi connectivity index (χ4n) is 1.59. The molecule has 4 nitrogen and oxygen atoms in total. The zero-order valence-corrected chi connectivity index (χ0v) is 14.2. The number of carbonyl (C=O) groups is 1. The fraction of sp³-hybridized carbons (Fsp3) is 0.533. The van der Waals surface area contributed by atoms with E-state index in [1.54, 1.807) is 38.1 Å². The Morgan fingerprint density at radius 1 is 1.33 bits per heavy atom. The molecule has 0 radical (unpaired) electrons. The van der Waals surface area contributed by atoms with Crippen LogP contribution in [0.25, 0.3) is 0 Å². The predicted molar refractivity (Wildman–Crippen MR) is 85.0 cm³/mol. The van der Waals surface area contributed by atoms with Crippen LogP contribution in [0.4, 0.5) is 0 Å². The third-order valence-corrected chi connectivity index (χ3v) is 4.79. The molecular formula is C15H21ClO4P+. The van der Waals surface area contributed by atoms with Crippen molar-refractivity contribution in [1.82, 2.24) is 0 Å². The lowest BCUT2D eigenvalue weighted by Crippen LogP contribution is -2.22. The van der Waals surface area contributed by atoms with E-state index in [0.717, 1.165) is 12.8 Å². The van der Waals surface area contributed by atoms with Crippen molar-refractivity contribution in [2.75, 3.05) is 6.61 Å². The molecular weight excluding hydrogens is 311 g/mol. The Balaban J connectivity index is 2.83. The van der Waals surface area contributed by atoms with Crippen molar-refractivity contribution in [1.29, 1.82) is 0 Å². The number of esters is 1. The lowest BCUT2D eigenvalue weighted by Gasteiger charge is -2.08. The summed E-state index contributed by atoms with van der Waals surface area (Å²) in [5.41, 5.74) is 0. The smallest absolute Gasteiger partial charge is 0.412 e. The second-order valence-corrected chi connectivity index (χ2v) is 7.21. The normalized spacial score (nSPS) is 12.9. The molecule has 0 aromatic heterocycles. The maximum atomic E-state index is 12.5. The molecule has 1 aromatic carbocycles. The van der Waals surface area contributed by atoms with Gasteiger partial charge in [0.2, 0.25) is 5.30 Å². The first-order valence-corrected chi connectivity index (χ1v) is 8.76. The van der Waals surface area contributed by atoms with E-state index in [-0.39, 0.29) is 6.10 Å². The van der Waals surface area contributed by atoms with E-state index >= 15 is 0 Å². The predicted octanol–water partition coefficient (Wildman–Crippen LogP) is 3.83. The number of ether oxygens (including phenoxy) is 2. The maximum absolute atomic E-state index is 12.5. The molecule has 0 saturated heterocycles. The van der Waals surface area contributed by atoms with Crippen LogP contribution in [0.3, 0.4) is 0 Å². The summed E-state index contributed by atoms with van der Waals surface area (Å²) < 4.78 is 23.1. The number of para-hydroxylation sites is 1. The van der Waals surface area contributed by atoms with Crippen LogP contribution in [-0.2, 0) is 14.1 Å². The van der Waals surface area contributed by atoms with E-state index < -0.39 is 18.9 Å². The van der Waals surface area contributed by atoms with Crippen molar-refractivity contribution in [3.8, 4) is 5.75 Å². The summed E-state index contributed by atoms with van der Waals surface area (Å²) in [5, 5.41) is -0.761. The van der Waals surface area contributed by atoms with Crippen molar-refractivity contribution in [2.24, 2.45) is 0 Å². The summed E-state index contributed by atoms with van der Waals surface area (Å²) in [6.07, 6.45) is 1.62. The van der Waals surface area contributed by atoms with Gasteiger partial charge in [-0.25, -0.2) is 4.79 Å². The van der Waals surface area contributed by atoms with Crippen LogP contribution in [-0.4, -0.2) is 23.8 Å². The van der Waals surface area contributed by atoms with Crippen molar-refractivity contribution < 1.29 is 18.8 Å². The summed E-state index contributed by atoms with van der Waals surface area (Å²) in [6.45, 7) is 6.04. The Kier molecular flexibility index (Phi) is 7.69. The molecule has 6 heteroatoms. The molecule has 0 spiro atoms. The van der Waals surface area contributed by atoms with E-state index in [1.807, 2.05) is 0 Å². The van der Waals surface area contributed by atoms with E-state index in [0.29, 0.717) is 17.7 Å². The van der Waals surface area contributed by atoms with Gasteiger partial charge in [0, 0.05) is 0 Å². The Morgan fingerprint density at radius 3 is 2.62 bits per heavy atom. The van der Waals surface area contributed by atoms with Gasteiger partial charge in [0.25, 0.3) is 0 Å². The Hall–Kier alpha value is -1.12. The average Bonchev–Trinajstić information content (AvgIpc) is 2.46. The fourth-order valence-corrected chi connectivity index (χ4v) is 3.05. The Labute approximate surface area is 131 Å². The molecule has 0 bridgehead atoms. The summed E-state index contributed by atoms with van der Waals surface area (Å²) >= 11 is 5.98. The highest BCUT2D eigenvalue weighted by Crippen LogP contribution is 2.35. The molecule has 1 rings (SSSR count). The number of halogens is 1. The molecule has 0 aliphatic carbocycles. The van der Waals surface area contributed by atoms with E-state index in [1.165, 1.54) is 0 Å². The zero-order chi connectivity index (χ0) is 15.8. The molecule has 1 aromatic rings. The Bertz CT molecular complexity index is 490. The zero-order valence-electron chi connectivity index (χ0n) is 12.5. The quantitative estimate of drug-likeness (QED) is 0.314. The number of benzene rings is 1. The minimum atomic E-state index is -2.13. The minimum Gasteiger partial charge on any atom is -0.489 e. The molecule has 2 atom stereocenters. The van der Waals surface area contributed by atoms with Gasteiger partial charge in [-0.3, -0.25) is 0 Å². The Morgan fingerprint density at radius 2 is 2.00 bits per heavy atom. The second-order valence-electron chi connectivity index (χ2n) is 4.82. The molecule has 116 valence electrons. The first kappa shape index (κ1) is 17.9. The number of alkyl halides is 1. The van der Waals surface area contributed by atoms with Gasteiger partial charge in [-0.1, -0.05) is 41.6 Å². The third-order valence-electron chi connectivity index (χ3n) is 2.61. The van der Waals surface area contributed by atoms with E-state index in [4.69, 9.17) is 21.1 Å². The van der Waals surface area contributed by atoms with Crippen LogP contribution < -0.4 is 10.0 Å². The van der Waals surface area contributed by atoms with Crippen molar-refractivity contribution in [3.05, 3.63) is 24.3 Å². The number of hydrogen-bond acceptors (Lipinski definition) is 4. The van der Waals surface area contributed by atoms with Crippen LogP contribution >= 0.6 is 19.4 Å². The number of carbonyl (C=O) groups excluding carboxylic acids is 1. The van der Waals surface area contributed by atoms with Gasteiger partial charge >= 0.3 is 18.9 Å². The van der Waals surface area contributed by atoms with Crippen LogP contribution in [0, 0.1) is 0 Å². The summed E-state index contributed by atoms with van der Waals surface area (Å²) in [7, 11) is -2.13. The maximum Gasteiger partial charge on any atom is 0.412 e. The molecule has 0 aliphatic heterocycles. The topological polar surface area (TPSA) is 52.6 Å². The van der Waals surface area contributed by atoms with Gasteiger partial charge in [0.1, 0.15) is 0 Å². The van der Waals surface area contributed by atoms with Crippen LogP contribution in [0.1, 0.15) is 33.6 Å².